The van der Waals surface area contributed by atoms with Gasteiger partial charge in [0, 0.05) is 26.2 Å². The van der Waals surface area contributed by atoms with Crippen LogP contribution in [0.3, 0.4) is 0 Å². The van der Waals surface area contributed by atoms with Gasteiger partial charge in [0.15, 0.2) is 0 Å². The third kappa shape index (κ3) is 5.19. The lowest BCUT2D eigenvalue weighted by Gasteiger charge is -2.35. The van der Waals surface area contributed by atoms with Crippen molar-refractivity contribution in [3.8, 4) is 0 Å². The van der Waals surface area contributed by atoms with Gasteiger partial charge in [-0.15, -0.1) is 0 Å². The fourth-order valence-corrected chi connectivity index (χ4v) is 3.48. The SMILES string of the molecule is O=C(NC[C@H](c1ccc(C(F)(F)F)cc1)N1CCOCC1)[C@@H]1C[C@@H](O)CN1. The van der Waals surface area contributed by atoms with E-state index in [0.717, 1.165) is 12.1 Å². The molecule has 2 fully saturated rings. The molecule has 3 rings (SSSR count). The molecule has 0 unspecified atom stereocenters. The number of ether oxygens (including phenoxy) is 1. The molecule has 1 aromatic carbocycles. The van der Waals surface area contributed by atoms with Crippen molar-refractivity contribution in [1.82, 2.24) is 15.5 Å². The minimum Gasteiger partial charge on any atom is -0.392 e. The van der Waals surface area contributed by atoms with E-state index in [2.05, 4.69) is 15.5 Å². The van der Waals surface area contributed by atoms with Gasteiger partial charge in [-0.3, -0.25) is 9.69 Å². The number of benzene rings is 1. The molecule has 1 aromatic rings. The second kappa shape index (κ2) is 8.55. The largest absolute Gasteiger partial charge is 0.416 e. The Balaban J connectivity index is 1.70. The van der Waals surface area contributed by atoms with Crippen molar-refractivity contribution in [3.05, 3.63) is 35.4 Å². The molecule has 150 valence electrons. The molecule has 0 saturated carbocycles. The van der Waals surface area contributed by atoms with E-state index >= 15 is 0 Å². The van der Waals surface area contributed by atoms with Gasteiger partial charge >= 0.3 is 6.18 Å². The van der Waals surface area contributed by atoms with E-state index in [1.807, 2.05) is 0 Å². The van der Waals surface area contributed by atoms with Gasteiger partial charge in [-0.1, -0.05) is 12.1 Å². The molecule has 3 atom stereocenters. The minimum absolute atomic E-state index is 0.211. The fraction of sp³-hybridized carbons (Fsp3) is 0.611. The highest BCUT2D eigenvalue weighted by molar-refractivity contribution is 5.82. The Kier molecular flexibility index (Phi) is 6.36. The molecule has 0 aromatic heterocycles. The van der Waals surface area contributed by atoms with Crippen LogP contribution in [-0.2, 0) is 15.7 Å². The number of alkyl halides is 3. The van der Waals surface area contributed by atoms with E-state index in [9.17, 15) is 23.1 Å². The molecule has 2 saturated heterocycles. The van der Waals surface area contributed by atoms with Crippen molar-refractivity contribution < 1.29 is 27.8 Å². The first-order valence-electron chi connectivity index (χ1n) is 9.02. The Bertz CT molecular complexity index is 633. The van der Waals surface area contributed by atoms with Crippen LogP contribution in [0.2, 0.25) is 0 Å². The number of carbonyl (C=O) groups is 1. The van der Waals surface area contributed by atoms with Crippen molar-refractivity contribution >= 4 is 5.91 Å². The van der Waals surface area contributed by atoms with Crippen LogP contribution >= 0.6 is 0 Å². The average molecular weight is 387 g/mol. The van der Waals surface area contributed by atoms with Gasteiger partial charge < -0.3 is 20.5 Å². The lowest BCUT2D eigenvalue weighted by atomic mass is 10.0. The number of amides is 1. The molecule has 27 heavy (non-hydrogen) atoms. The van der Waals surface area contributed by atoms with Crippen molar-refractivity contribution in [3.63, 3.8) is 0 Å². The summed E-state index contributed by atoms with van der Waals surface area (Å²) in [7, 11) is 0. The molecule has 0 spiro atoms. The molecular formula is C18H24F3N3O3. The number of nitrogens with zero attached hydrogens (tertiary/aromatic N) is 1. The van der Waals surface area contributed by atoms with E-state index in [1.54, 1.807) is 0 Å². The number of hydrogen-bond acceptors (Lipinski definition) is 5. The Morgan fingerprint density at radius 3 is 2.52 bits per heavy atom. The van der Waals surface area contributed by atoms with Gasteiger partial charge in [0.2, 0.25) is 5.91 Å². The zero-order valence-electron chi connectivity index (χ0n) is 14.8. The number of β-amino-alcohol motifs (C(OH)–C–C–N with tert-alkyl or cyclic N) is 1. The first kappa shape index (κ1) is 20.1. The molecule has 0 aliphatic carbocycles. The molecule has 9 heteroatoms. The number of hydrogen-bond donors (Lipinski definition) is 3. The molecule has 2 aliphatic rings. The van der Waals surface area contributed by atoms with Gasteiger partial charge in [0.05, 0.1) is 37.0 Å². The van der Waals surface area contributed by atoms with Crippen molar-refractivity contribution in [2.24, 2.45) is 0 Å². The molecule has 3 N–H and O–H groups in total. The van der Waals surface area contributed by atoms with E-state index in [-0.39, 0.29) is 18.5 Å². The van der Waals surface area contributed by atoms with Crippen LogP contribution < -0.4 is 10.6 Å². The van der Waals surface area contributed by atoms with Crippen LogP contribution in [0.25, 0.3) is 0 Å². The molecule has 2 aliphatic heterocycles. The summed E-state index contributed by atoms with van der Waals surface area (Å²) in [6.07, 6.45) is -4.56. The Morgan fingerprint density at radius 1 is 1.30 bits per heavy atom. The van der Waals surface area contributed by atoms with E-state index in [4.69, 9.17) is 4.74 Å². The topological polar surface area (TPSA) is 73.8 Å². The lowest BCUT2D eigenvalue weighted by molar-refractivity contribution is -0.137. The van der Waals surface area contributed by atoms with Gasteiger partial charge in [-0.05, 0) is 24.1 Å². The highest BCUT2D eigenvalue weighted by Gasteiger charge is 2.32. The van der Waals surface area contributed by atoms with Crippen LogP contribution in [-0.4, -0.2) is 67.5 Å². The summed E-state index contributed by atoms with van der Waals surface area (Å²) in [5, 5.41) is 15.4. The van der Waals surface area contributed by atoms with Gasteiger partial charge in [0.25, 0.3) is 0 Å². The number of carbonyl (C=O) groups excluding carboxylic acids is 1. The van der Waals surface area contributed by atoms with Crippen LogP contribution in [0.1, 0.15) is 23.6 Å². The van der Waals surface area contributed by atoms with Crippen LogP contribution in [0.15, 0.2) is 24.3 Å². The van der Waals surface area contributed by atoms with Crippen LogP contribution in [0, 0.1) is 0 Å². The fourth-order valence-electron chi connectivity index (χ4n) is 3.48. The number of morpholine rings is 1. The average Bonchev–Trinajstić information content (AvgIpc) is 3.09. The van der Waals surface area contributed by atoms with Gasteiger partial charge in [0.1, 0.15) is 0 Å². The first-order valence-corrected chi connectivity index (χ1v) is 9.02. The summed E-state index contributed by atoms with van der Waals surface area (Å²) in [5.74, 6) is -0.211. The van der Waals surface area contributed by atoms with E-state index in [0.29, 0.717) is 44.8 Å². The quantitative estimate of drug-likeness (QED) is 0.701. The van der Waals surface area contributed by atoms with Gasteiger partial charge in [-0.2, -0.15) is 13.2 Å². The van der Waals surface area contributed by atoms with Gasteiger partial charge in [-0.25, -0.2) is 0 Å². The smallest absolute Gasteiger partial charge is 0.392 e. The van der Waals surface area contributed by atoms with Crippen molar-refractivity contribution in [2.45, 2.75) is 30.8 Å². The second-order valence-corrected chi connectivity index (χ2v) is 6.88. The molecule has 1 amide bonds. The third-order valence-corrected chi connectivity index (χ3v) is 5.00. The lowest BCUT2D eigenvalue weighted by Crippen LogP contribution is -2.47. The highest BCUT2D eigenvalue weighted by atomic mass is 19.4. The Labute approximate surface area is 155 Å². The monoisotopic (exact) mass is 387 g/mol. The van der Waals surface area contributed by atoms with Crippen molar-refractivity contribution in [2.75, 3.05) is 39.4 Å². The maximum absolute atomic E-state index is 12.8. The van der Waals surface area contributed by atoms with Crippen LogP contribution in [0.4, 0.5) is 13.2 Å². The molecule has 2 heterocycles. The molecule has 0 bridgehead atoms. The summed E-state index contributed by atoms with van der Waals surface area (Å²) in [6, 6.07) is 4.38. The standard InChI is InChI=1S/C18H24F3N3O3/c19-18(20,21)13-3-1-12(2-4-13)16(24-5-7-27-8-6-24)11-23-17(26)15-9-14(25)10-22-15/h1-4,14-16,22,25H,5-11H2,(H,23,26)/t14-,15+,16-/m1/s1. The Hall–Kier alpha value is -1.68. The molecule has 0 radical (unpaired) electrons. The zero-order chi connectivity index (χ0) is 19.4. The summed E-state index contributed by atoms with van der Waals surface area (Å²) in [6.45, 7) is 3.02. The summed E-state index contributed by atoms with van der Waals surface area (Å²) >= 11 is 0. The second-order valence-electron chi connectivity index (χ2n) is 6.88. The zero-order valence-corrected chi connectivity index (χ0v) is 14.8. The van der Waals surface area contributed by atoms with Crippen LogP contribution in [0.5, 0.6) is 0 Å². The van der Waals surface area contributed by atoms with Crippen molar-refractivity contribution in [1.29, 1.82) is 0 Å². The number of nitrogens with one attached hydrogen (secondary N) is 2. The predicted molar refractivity (Wildman–Crippen MR) is 92.0 cm³/mol. The number of aliphatic hydroxyl groups is 1. The highest BCUT2D eigenvalue weighted by Crippen LogP contribution is 2.31. The summed E-state index contributed by atoms with van der Waals surface area (Å²) in [5.41, 5.74) is 0.0183. The third-order valence-electron chi connectivity index (χ3n) is 5.00. The molecular weight excluding hydrogens is 363 g/mol. The first-order chi connectivity index (χ1) is 12.8. The summed E-state index contributed by atoms with van der Waals surface area (Å²) in [4.78, 5) is 14.4. The maximum Gasteiger partial charge on any atom is 0.416 e. The number of aliphatic hydroxyl groups excluding tert-OH is 1. The number of rotatable bonds is 5. The normalized spacial score (nSPS) is 25.3. The minimum atomic E-state index is -4.38. The predicted octanol–water partition coefficient (Wildman–Crippen LogP) is 0.918. The molecule has 6 nitrogen and oxygen atoms in total. The maximum atomic E-state index is 12.8. The Morgan fingerprint density at radius 2 is 1.96 bits per heavy atom. The van der Waals surface area contributed by atoms with E-state index in [1.165, 1.54) is 12.1 Å². The van der Waals surface area contributed by atoms with E-state index < -0.39 is 23.9 Å². The summed E-state index contributed by atoms with van der Waals surface area (Å²) < 4.78 is 43.8. The number of halogens is 3.